The lowest BCUT2D eigenvalue weighted by molar-refractivity contribution is -0.105. The lowest BCUT2D eigenvalue weighted by Crippen LogP contribution is -2.46. The summed E-state index contributed by atoms with van der Waals surface area (Å²) in [5, 5.41) is 21.4. The standard InChI is InChI=1S/C15H24N5O13P3/c1-4-15(2,3)11(31-35(26,27)33-36(28,29)32-34(23,24)25)10-8(21)9(22)14(30-10)20-6-19-7-12(16)17-5-18-13(7)20/h4-6,8-11,14,21-22H,1H2,2-3H3,(H,26,27)(H,28,29)(H2,16,17,18)(H2,23,24,25)/t8-,9+,10-,11?,14+/m0/s1. The van der Waals surface area contributed by atoms with E-state index < -0.39 is 59.5 Å². The second kappa shape index (κ2) is 9.93. The van der Waals surface area contributed by atoms with Crippen molar-refractivity contribution >= 4 is 40.4 Å². The molecule has 1 saturated heterocycles. The van der Waals surface area contributed by atoms with Gasteiger partial charge in [0.25, 0.3) is 0 Å². The van der Waals surface area contributed by atoms with Crippen LogP contribution in [0.1, 0.15) is 20.1 Å². The predicted octanol–water partition coefficient (Wildman–Crippen LogP) is -0.0482. The normalized spacial score (nSPS) is 27.4. The highest BCUT2D eigenvalue weighted by molar-refractivity contribution is 7.66. The summed E-state index contributed by atoms with van der Waals surface area (Å²) in [6.45, 7) is 6.42. The Morgan fingerprint density at radius 2 is 1.75 bits per heavy atom. The topological polar surface area (TPSA) is 279 Å². The highest BCUT2D eigenvalue weighted by atomic mass is 31.3. The van der Waals surface area contributed by atoms with Gasteiger partial charge in [-0.1, -0.05) is 19.9 Å². The van der Waals surface area contributed by atoms with Crippen LogP contribution in [-0.2, 0) is 31.6 Å². The molecule has 1 fully saturated rings. The number of anilines is 1. The highest BCUT2D eigenvalue weighted by Gasteiger charge is 2.54. The molecule has 1 aliphatic rings. The van der Waals surface area contributed by atoms with Gasteiger partial charge in [0.1, 0.15) is 36.3 Å². The molecule has 0 bridgehead atoms. The molecule has 202 valence electrons. The van der Waals surface area contributed by atoms with Gasteiger partial charge in [-0.25, -0.2) is 28.6 Å². The van der Waals surface area contributed by atoms with Crippen LogP contribution in [-0.4, -0.2) is 73.7 Å². The zero-order chi connectivity index (χ0) is 27.3. The molecule has 0 aliphatic carbocycles. The molecule has 3 unspecified atom stereocenters. The molecule has 0 radical (unpaired) electrons. The van der Waals surface area contributed by atoms with Crippen molar-refractivity contribution in [1.82, 2.24) is 19.5 Å². The van der Waals surface area contributed by atoms with Crippen molar-refractivity contribution in [1.29, 1.82) is 0 Å². The Hall–Kier alpha value is -1.62. The van der Waals surface area contributed by atoms with E-state index in [1.165, 1.54) is 30.8 Å². The lowest BCUT2D eigenvalue weighted by Gasteiger charge is -2.36. The van der Waals surface area contributed by atoms with Gasteiger partial charge >= 0.3 is 23.5 Å². The van der Waals surface area contributed by atoms with Crippen molar-refractivity contribution in [3.8, 4) is 0 Å². The fourth-order valence-corrected chi connectivity index (χ4v) is 6.74. The minimum absolute atomic E-state index is 0.0293. The monoisotopic (exact) mass is 575 g/mol. The first-order valence-electron chi connectivity index (χ1n) is 9.78. The Kier molecular flexibility index (Phi) is 7.98. The Balaban J connectivity index is 1.93. The molecule has 3 heterocycles. The maximum atomic E-state index is 12.5. The SMILES string of the molecule is C=CC(C)(C)C(OP(=O)(O)OP(=O)(O)OP(=O)(O)O)[C@H]1O[C@@H](n2cnc3c(N)ncnc32)[C@H](O)[C@@H]1O. The van der Waals surface area contributed by atoms with Gasteiger partial charge in [0.2, 0.25) is 0 Å². The molecule has 7 atom stereocenters. The zero-order valence-electron chi connectivity index (χ0n) is 18.6. The number of rotatable bonds is 10. The molecule has 0 amide bonds. The van der Waals surface area contributed by atoms with Crippen molar-refractivity contribution < 1.29 is 61.4 Å². The number of phosphoric acid groups is 3. The van der Waals surface area contributed by atoms with Crippen LogP contribution in [0.15, 0.2) is 25.3 Å². The summed E-state index contributed by atoms with van der Waals surface area (Å²) in [4.78, 5) is 48.8. The molecule has 2 aromatic heterocycles. The molecule has 0 spiro atoms. The number of nitrogen functional groups attached to an aromatic ring is 1. The highest BCUT2D eigenvalue weighted by Crippen LogP contribution is 2.67. The van der Waals surface area contributed by atoms with Crippen LogP contribution in [0.25, 0.3) is 11.2 Å². The van der Waals surface area contributed by atoms with Gasteiger partial charge in [-0.15, -0.1) is 6.58 Å². The smallest absolute Gasteiger partial charge is 0.387 e. The quantitative estimate of drug-likeness (QED) is 0.144. The lowest BCUT2D eigenvalue weighted by atomic mass is 9.82. The summed E-state index contributed by atoms with van der Waals surface area (Å²) >= 11 is 0. The van der Waals surface area contributed by atoms with Gasteiger partial charge in [0.05, 0.1) is 6.33 Å². The van der Waals surface area contributed by atoms with Crippen LogP contribution in [0, 0.1) is 5.41 Å². The van der Waals surface area contributed by atoms with E-state index in [0.29, 0.717) is 0 Å². The molecule has 0 saturated carbocycles. The summed E-state index contributed by atoms with van der Waals surface area (Å²) < 4.78 is 54.6. The van der Waals surface area contributed by atoms with Gasteiger partial charge in [-0.3, -0.25) is 9.09 Å². The minimum atomic E-state index is -5.81. The Labute approximate surface area is 202 Å². The van der Waals surface area contributed by atoms with E-state index in [4.69, 9.17) is 24.8 Å². The number of imidazole rings is 1. The fraction of sp³-hybridized carbons (Fsp3) is 0.533. The average molecular weight is 575 g/mol. The summed E-state index contributed by atoms with van der Waals surface area (Å²) in [5.74, 6) is 0.0293. The van der Waals surface area contributed by atoms with Crippen molar-refractivity contribution in [2.24, 2.45) is 5.41 Å². The molecule has 1 aliphatic heterocycles. The Bertz CT molecular complexity index is 1280. The number of fused-ring (bicyclic) bond motifs is 1. The molecule has 36 heavy (non-hydrogen) atoms. The summed E-state index contributed by atoms with van der Waals surface area (Å²) in [6, 6.07) is 0. The number of aliphatic hydroxyl groups is 2. The Morgan fingerprint density at radius 3 is 2.33 bits per heavy atom. The molecular weight excluding hydrogens is 551 g/mol. The first-order valence-corrected chi connectivity index (χ1v) is 14.3. The first kappa shape index (κ1) is 28.9. The van der Waals surface area contributed by atoms with Crippen molar-refractivity contribution in [3.63, 3.8) is 0 Å². The third kappa shape index (κ3) is 6.26. The summed E-state index contributed by atoms with van der Waals surface area (Å²) in [6.07, 6.45) is -4.54. The predicted molar refractivity (Wildman–Crippen MR) is 118 cm³/mol. The van der Waals surface area contributed by atoms with E-state index in [1.807, 2.05) is 0 Å². The molecule has 0 aromatic carbocycles. The third-order valence-electron chi connectivity index (χ3n) is 5.16. The van der Waals surface area contributed by atoms with E-state index in [-0.39, 0.29) is 17.0 Å². The van der Waals surface area contributed by atoms with Crippen LogP contribution < -0.4 is 5.73 Å². The van der Waals surface area contributed by atoms with Gasteiger partial charge in [-0.05, 0) is 0 Å². The number of hydrogen-bond acceptors (Lipinski definition) is 13. The molecule has 3 rings (SSSR count). The maximum Gasteiger partial charge on any atom is 0.490 e. The van der Waals surface area contributed by atoms with E-state index in [2.05, 4.69) is 30.2 Å². The summed E-state index contributed by atoms with van der Waals surface area (Å²) in [7, 11) is -17.1. The van der Waals surface area contributed by atoms with Crippen LogP contribution in [0.4, 0.5) is 5.82 Å². The molecule has 18 nitrogen and oxygen atoms in total. The van der Waals surface area contributed by atoms with Gasteiger partial charge in [0.15, 0.2) is 17.7 Å². The van der Waals surface area contributed by atoms with Crippen LogP contribution in [0.3, 0.4) is 0 Å². The average Bonchev–Trinajstić information content (AvgIpc) is 3.26. The number of nitrogens with zero attached hydrogens (tertiary/aromatic N) is 4. The number of aliphatic hydroxyl groups excluding tert-OH is 2. The molecule has 8 N–H and O–H groups in total. The van der Waals surface area contributed by atoms with Gasteiger partial charge in [-0.2, -0.15) is 8.62 Å². The minimum Gasteiger partial charge on any atom is -0.387 e. The third-order valence-corrected chi connectivity index (χ3v) is 8.98. The van der Waals surface area contributed by atoms with E-state index in [9.17, 15) is 33.7 Å². The second-order valence-electron chi connectivity index (χ2n) is 8.20. The van der Waals surface area contributed by atoms with Crippen molar-refractivity contribution in [2.75, 3.05) is 5.73 Å². The zero-order valence-corrected chi connectivity index (χ0v) is 21.3. The molecule has 21 heteroatoms. The van der Waals surface area contributed by atoms with Crippen molar-refractivity contribution in [2.45, 2.75) is 44.5 Å². The first-order chi connectivity index (χ1) is 16.4. The number of nitrogens with two attached hydrogens (primary N) is 1. The van der Waals surface area contributed by atoms with Crippen LogP contribution >= 0.6 is 23.5 Å². The second-order valence-corrected chi connectivity index (χ2v) is 12.6. The summed E-state index contributed by atoms with van der Waals surface area (Å²) in [5.41, 5.74) is 4.72. The van der Waals surface area contributed by atoms with Crippen LogP contribution in [0.5, 0.6) is 0 Å². The number of aromatic nitrogens is 4. The fourth-order valence-electron chi connectivity index (χ4n) is 3.40. The van der Waals surface area contributed by atoms with Gasteiger partial charge < -0.3 is 40.3 Å². The van der Waals surface area contributed by atoms with Crippen LogP contribution in [0.2, 0.25) is 0 Å². The Morgan fingerprint density at radius 1 is 1.11 bits per heavy atom. The van der Waals surface area contributed by atoms with E-state index in [0.717, 1.165) is 6.33 Å². The number of phosphoric ester groups is 1. The number of ether oxygens (including phenoxy) is 1. The maximum absolute atomic E-state index is 12.5. The van der Waals surface area contributed by atoms with Gasteiger partial charge in [0, 0.05) is 5.41 Å². The molecular formula is C15H24N5O13P3. The number of hydrogen-bond donors (Lipinski definition) is 7. The van der Waals surface area contributed by atoms with E-state index in [1.54, 1.807) is 0 Å². The largest absolute Gasteiger partial charge is 0.490 e. The van der Waals surface area contributed by atoms with E-state index >= 15 is 0 Å². The van der Waals surface area contributed by atoms with Crippen molar-refractivity contribution in [3.05, 3.63) is 25.3 Å². The molecule has 2 aromatic rings.